The van der Waals surface area contributed by atoms with Crippen LogP contribution in [0.2, 0.25) is 0 Å². The third kappa shape index (κ3) is 4.22. The third-order valence-corrected chi connectivity index (χ3v) is 5.09. The number of carbonyl (C=O) groups excluding carboxylic acids is 3. The average molecular weight is 377 g/mol. The molecule has 2 aromatic carbocycles. The molecule has 0 bridgehead atoms. The van der Waals surface area contributed by atoms with Gasteiger partial charge in [0.2, 0.25) is 5.91 Å². The smallest absolute Gasteiger partial charge is 0.255 e. The fourth-order valence-corrected chi connectivity index (χ4v) is 3.33. The first-order valence-electron chi connectivity index (χ1n) is 9.68. The lowest BCUT2D eigenvalue weighted by Crippen LogP contribution is -2.27. The van der Waals surface area contributed by atoms with Crippen LogP contribution in [-0.4, -0.2) is 35.2 Å². The van der Waals surface area contributed by atoms with Crippen LogP contribution >= 0.6 is 0 Å². The number of nitrogens with one attached hydrogen (secondary N) is 2. The summed E-state index contributed by atoms with van der Waals surface area (Å²) in [6.45, 7) is 1.37. The molecule has 28 heavy (non-hydrogen) atoms. The van der Waals surface area contributed by atoms with Crippen LogP contribution in [0.3, 0.4) is 0 Å². The fourth-order valence-electron chi connectivity index (χ4n) is 3.33. The minimum Gasteiger partial charge on any atom is -0.349 e. The molecule has 6 heteroatoms. The maximum atomic E-state index is 12.6. The maximum absolute atomic E-state index is 12.6. The highest BCUT2D eigenvalue weighted by Crippen LogP contribution is 2.22. The molecule has 0 aromatic heterocycles. The topological polar surface area (TPSA) is 78.5 Å². The van der Waals surface area contributed by atoms with Gasteiger partial charge in [-0.1, -0.05) is 24.3 Å². The van der Waals surface area contributed by atoms with Crippen molar-refractivity contribution in [1.82, 2.24) is 10.2 Å². The van der Waals surface area contributed by atoms with Gasteiger partial charge in [0, 0.05) is 31.1 Å². The van der Waals surface area contributed by atoms with Crippen molar-refractivity contribution >= 4 is 23.4 Å². The van der Waals surface area contributed by atoms with Crippen LogP contribution in [0.25, 0.3) is 0 Å². The summed E-state index contributed by atoms with van der Waals surface area (Å²) >= 11 is 0. The molecule has 0 atom stereocenters. The van der Waals surface area contributed by atoms with Gasteiger partial charge >= 0.3 is 0 Å². The number of nitrogens with zero attached hydrogens (tertiary/aromatic N) is 1. The lowest BCUT2D eigenvalue weighted by Gasteiger charge is -2.15. The first-order valence-corrected chi connectivity index (χ1v) is 9.68. The number of carbonyl (C=O) groups is 3. The SMILES string of the molecule is O=C(Nc1ccccc1C(=O)NC1CC1)c1ccc(CN2CCCC2=O)cc1. The fraction of sp³-hybridized carbons (Fsp3) is 0.318. The molecule has 2 aliphatic rings. The Morgan fingerprint density at radius 2 is 1.75 bits per heavy atom. The van der Waals surface area contributed by atoms with Crippen molar-refractivity contribution in [2.45, 2.75) is 38.3 Å². The summed E-state index contributed by atoms with van der Waals surface area (Å²) in [5.74, 6) is -0.248. The molecule has 1 aliphatic heterocycles. The van der Waals surface area contributed by atoms with Crippen molar-refractivity contribution in [3.8, 4) is 0 Å². The molecule has 6 nitrogen and oxygen atoms in total. The Morgan fingerprint density at radius 3 is 2.43 bits per heavy atom. The van der Waals surface area contributed by atoms with Gasteiger partial charge in [-0.15, -0.1) is 0 Å². The summed E-state index contributed by atoms with van der Waals surface area (Å²) in [7, 11) is 0. The number of hydrogen-bond acceptors (Lipinski definition) is 3. The van der Waals surface area contributed by atoms with E-state index in [2.05, 4.69) is 10.6 Å². The summed E-state index contributed by atoms with van der Waals surface area (Å²) in [6, 6.07) is 14.5. The monoisotopic (exact) mass is 377 g/mol. The van der Waals surface area contributed by atoms with E-state index in [0.717, 1.165) is 31.4 Å². The Labute approximate surface area is 163 Å². The molecule has 0 radical (unpaired) electrons. The van der Waals surface area contributed by atoms with Gasteiger partial charge in [0.15, 0.2) is 0 Å². The van der Waals surface area contributed by atoms with E-state index in [1.807, 2.05) is 17.0 Å². The van der Waals surface area contributed by atoms with Crippen molar-refractivity contribution in [3.63, 3.8) is 0 Å². The Morgan fingerprint density at radius 1 is 1.00 bits per heavy atom. The minimum absolute atomic E-state index is 0.163. The van der Waals surface area contributed by atoms with E-state index >= 15 is 0 Å². The van der Waals surface area contributed by atoms with E-state index in [1.165, 1.54) is 0 Å². The van der Waals surface area contributed by atoms with Gasteiger partial charge in [-0.3, -0.25) is 14.4 Å². The lowest BCUT2D eigenvalue weighted by atomic mass is 10.1. The molecule has 0 unspecified atom stereocenters. The van der Waals surface area contributed by atoms with Crippen LogP contribution in [0, 0.1) is 0 Å². The molecule has 1 saturated heterocycles. The molecule has 2 aromatic rings. The molecule has 1 heterocycles. The zero-order valence-corrected chi connectivity index (χ0v) is 15.6. The third-order valence-electron chi connectivity index (χ3n) is 5.09. The number of likely N-dealkylation sites (tertiary alicyclic amines) is 1. The first-order chi connectivity index (χ1) is 13.6. The molecular formula is C22H23N3O3. The number of rotatable bonds is 6. The molecule has 1 aliphatic carbocycles. The highest BCUT2D eigenvalue weighted by Gasteiger charge is 2.25. The molecule has 144 valence electrons. The zero-order chi connectivity index (χ0) is 19.5. The molecule has 0 spiro atoms. The largest absolute Gasteiger partial charge is 0.349 e. The summed E-state index contributed by atoms with van der Waals surface area (Å²) in [6.07, 6.45) is 3.55. The number of amides is 3. The van der Waals surface area contributed by atoms with Crippen molar-refractivity contribution in [3.05, 3.63) is 65.2 Å². The second kappa shape index (κ2) is 7.84. The van der Waals surface area contributed by atoms with Crippen LogP contribution in [0.15, 0.2) is 48.5 Å². The highest BCUT2D eigenvalue weighted by molar-refractivity contribution is 6.09. The number of benzene rings is 2. The van der Waals surface area contributed by atoms with Gasteiger partial charge in [-0.25, -0.2) is 0 Å². The van der Waals surface area contributed by atoms with Crippen molar-refractivity contribution in [1.29, 1.82) is 0 Å². The molecule has 2 N–H and O–H groups in total. The molecular weight excluding hydrogens is 354 g/mol. The van der Waals surface area contributed by atoms with Crippen LogP contribution in [0.1, 0.15) is 52.0 Å². The van der Waals surface area contributed by atoms with Crippen LogP contribution < -0.4 is 10.6 Å². The Hall–Kier alpha value is -3.15. The highest BCUT2D eigenvalue weighted by atomic mass is 16.2. The Kier molecular flexibility index (Phi) is 5.10. The van der Waals surface area contributed by atoms with E-state index in [-0.39, 0.29) is 23.8 Å². The van der Waals surface area contributed by atoms with Gasteiger partial charge in [-0.2, -0.15) is 0 Å². The molecule has 2 fully saturated rings. The van der Waals surface area contributed by atoms with E-state index in [4.69, 9.17) is 0 Å². The lowest BCUT2D eigenvalue weighted by molar-refractivity contribution is -0.128. The molecule has 3 amide bonds. The summed E-state index contributed by atoms with van der Waals surface area (Å²) in [4.78, 5) is 38.6. The van der Waals surface area contributed by atoms with Gasteiger partial charge < -0.3 is 15.5 Å². The van der Waals surface area contributed by atoms with Crippen LogP contribution in [-0.2, 0) is 11.3 Å². The quantitative estimate of drug-likeness (QED) is 0.812. The maximum Gasteiger partial charge on any atom is 0.255 e. The Bertz CT molecular complexity index is 903. The Balaban J connectivity index is 1.42. The van der Waals surface area contributed by atoms with E-state index in [1.54, 1.807) is 36.4 Å². The first kappa shape index (κ1) is 18.2. The standard InChI is InChI=1S/C22H23N3O3/c26-20-6-3-13-25(20)14-15-7-9-16(10-8-15)21(27)24-19-5-2-1-4-18(19)22(28)23-17-11-12-17/h1-2,4-5,7-10,17H,3,6,11-14H2,(H,23,28)(H,24,27). The summed E-state index contributed by atoms with van der Waals surface area (Å²) in [5.41, 5.74) is 2.47. The van der Waals surface area contributed by atoms with Gasteiger partial charge in [0.1, 0.15) is 0 Å². The second-order valence-corrected chi connectivity index (χ2v) is 7.36. The van der Waals surface area contributed by atoms with Crippen molar-refractivity contribution < 1.29 is 14.4 Å². The average Bonchev–Trinajstić information content (AvgIpc) is 3.43. The predicted molar refractivity (Wildman–Crippen MR) is 106 cm³/mol. The number of anilines is 1. The number of para-hydroxylation sites is 1. The van der Waals surface area contributed by atoms with Crippen molar-refractivity contribution in [2.24, 2.45) is 0 Å². The second-order valence-electron chi connectivity index (χ2n) is 7.36. The summed E-state index contributed by atoms with van der Waals surface area (Å²) < 4.78 is 0. The molecule has 1 saturated carbocycles. The summed E-state index contributed by atoms with van der Waals surface area (Å²) in [5, 5.41) is 5.78. The van der Waals surface area contributed by atoms with Gasteiger partial charge in [0.25, 0.3) is 11.8 Å². The van der Waals surface area contributed by atoms with E-state index < -0.39 is 0 Å². The van der Waals surface area contributed by atoms with Crippen LogP contribution in [0.5, 0.6) is 0 Å². The van der Waals surface area contributed by atoms with Crippen LogP contribution in [0.4, 0.5) is 5.69 Å². The zero-order valence-electron chi connectivity index (χ0n) is 15.6. The predicted octanol–water partition coefficient (Wildman–Crippen LogP) is 2.95. The van der Waals surface area contributed by atoms with E-state index in [0.29, 0.717) is 29.8 Å². The van der Waals surface area contributed by atoms with Gasteiger partial charge in [0.05, 0.1) is 11.3 Å². The van der Waals surface area contributed by atoms with E-state index in [9.17, 15) is 14.4 Å². The van der Waals surface area contributed by atoms with Gasteiger partial charge in [-0.05, 0) is 49.1 Å². The van der Waals surface area contributed by atoms with Crippen molar-refractivity contribution in [2.75, 3.05) is 11.9 Å². The normalized spacial score (nSPS) is 16.1. The minimum atomic E-state index is -0.268. The molecule has 4 rings (SSSR count). The number of hydrogen-bond donors (Lipinski definition) is 2.